The lowest BCUT2D eigenvalue weighted by molar-refractivity contribution is -0.128. The standard InChI is InChI=1S/C13H15ClN2O3/c14-8-13(17)16-5-3-15(4-6-16)10-1-2-11-12(7-10)19-9-18-11/h1-2,7H,3-6,8-9H2. The molecule has 0 aromatic heterocycles. The maximum atomic E-state index is 11.5. The zero-order valence-electron chi connectivity index (χ0n) is 10.5. The van der Waals surface area contributed by atoms with Gasteiger partial charge in [0.25, 0.3) is 0 Å². The molecule has 0 bridgehead atoms. The molecule has 0 aliphatic carbocycles. The van der Waals surface area contributed by atoms with Gasteiger partial charge >= 0.3 is 0 Å². The molecule has 2 aliphatic rings. The number of ether oxygens (including phenoxy) is 2. The number of fused-ring (bicyclic) bond motifs is 1. The fourth-order valence-electron chi connectivity index (χ4n) is 2.38. The van der Waals surface area contributed by atoms with Crippen molar-refractivity contribution in [3.63, 3.8) is 0 Å². The summed E-state index contributed by atoms with van der Waals surface area (Å²) in [5, 5.41) is 0. The maximum Gasteiger partial charge on any atom is 0.237 e. The fourth-order valence-corrected chi connectivity index (χ4v) is 2.55. The molecule has 0 radical (unpaired) electrons. The van der Waals surface area contributed by atoms with E-state index in [1.54, 1.807) is 4.90 Å². The number of amides is 1. The minimum Gasteiger partial charge on any atom is -0.454 e. The van der Waals surface area contributed by atoms with Gasteiger partial charge < -0.3 is 19.3 Å². The van der Waals surface area contributed by atoms with Gasteiger partial charge in [0.15, 0.2) is 11.5 Å². The van der Waals surface area contributed by atoms with E-state index >= 15 is 0 Å². The molecule has 102 valence electrons. The van der Waals surface area contributed by atoms with Crippen LogP contribution < -0.4 is 14.4 Å². The largest absolute Gasteiger partial charge is 0.454 e. The number of hydrogen-bond acceptors (Lipinski definition) is 4. The van der Waals surface area contributed by atoms with E-state index in [2.05, 4.69) is 4.90 Å². The van der Waals surface area contributed by atoms with Gasteiger partial charge in [-0.05, 0) is 12.1 Å². The molecule has 0 unspecified atom stereocenters. The summed E-state index contributed by atoms with van der Waals surface area (Å²) in [5.41, 5.74) is 1.10. The summed E-state index contributed by atoms with van der Waals surface area (Å²) in [6.45, 7) is 3.32. The number of alkyl halides is 1. The molecule has 1 saturated heterocycles. The summed E-state index contributed by atoms with van der Waals surface area (Å²) in [5.74, 6) is 1.65. The molecule has 1 fully saturated rings. The summed E-state index contributed by atoms with van der Waals surface area (Å²) < 4.78 is 10.7. The second-order valence-corrected chi connectivity index (χ2v) is 4.81. The molecule has 1 amide bonds. The van der Waals surface area contributed by atoms with E-state index in [0.29, 0.717) is 13.1 Å². The summed E-state index contributed by atoms with van der Waals surface area (Å²) in [6.07, 6.45) is 0. The van der Waals surface area contributed by atoms with Crippen LogP contribution in [0, 0.1) is 0 Å². The average Bonchev–Trinajstić information content (AvgIpc) is 2.94. The quantitative estimate of drug-likeness (QED) is 0.767. The van der Waals surface area contributed by atoms with Crippen LogP contribution >= 0.6 is 11.6 Å². The van der Waals surface area contributed by atoms with Crippen LogP contribution in [0.3, 0.4) is 0 Å². The number of anilines is 1. The third-order valence-electron chi connectivity index (χ3n) is 3.47. The highest BCUT2D eigenvalue weighted by atomic mass is 35.5. The molecular formula is C13H15ClN2O3. The Labute approximate surface area is 116 Å². The van der Waals surface area contributed by atoms with E-state index in [9.17, 15) is 4.79 Å². The van der Waals surface area contributed by atoms with Gasteiger partial charge in [-0.2, -0.15) is 0 Å². The smallest absolute Gasteiger partial charge is 0.237 e. The number of carbonyl (C=O) groups excluding carboxylic acids is 1. The minimum absolute atomic E-state index is 0.00648. The molecule has 1 aromatic carbocycles. The van der Waals surface area contributed by atoms with Crippen LogP contribution in [-0.2, 0) is 4.79 Å². The Balaban J connectivity index is 1.67. The predicted octanol–water partition coefficient (Wildman–Crippen LogP) is 1.30. The van der Waals surface area contributed by atoms with Crippen LogP contribution in [0.1, 0.15) is 0 Å². The van der Waals surface area contributed by atoms with Crippen LogP contribution in [0.15, 0.2) is 18.2 Å². The first-order valence-electron chi connectivity index (χ1n) is 6.26. The lowest BCUT2D eigenvalue weighted by atomic mass is 10.2. The highest BCUT2D eigenvalue weighted by molar-refractivity contribution is 6.27. The fraction of sp³-hybridized carbons (Fsp3) is 0.462. The molecule has 19 heavy (non-hydrogen) atoms. The zero-order valence-corrected chi connectivity index (χ0v) is 11.2. The highest BCUT2D eigenvalue weighted by Gasteiger charge is 2.22. The van der Waals surface area contributed by atoms with Crippen molar-refractivity contribution >= 4 is 23.2 Å². The van der Waals surface area contributed by atoms with Gasteiger partial charge in [0.05, 0.1) is 0 Å². The molecule has 1 aromatic rings. The van der Waals surface area contributed by atoms with Crippen molar-refractivity contribution in [3.05, 3.63) is 18.2 Å². The third kappa shape index (κ3) is 2.42. The number of carbonyl (C=O) groups is 1. The molecule has 0 atom stereocenters. The van der Waals surface area contributed by atoms with Crippen LogP contribution in [0.5, 0.6) is 11.5 Å². The van der Waals surface area contributed by atoms with Crippen molar-refractivity contribution in [1.82, 2.24) is 4.90 Å². The second-order valence-electron chi connectivity index (χ2n) is 4.54. The van der Waals surface area contributed by atoms with Crippen LogP contribution in [0.25, 0.3) is 0 Å². The monoisotopic (exact) mass is 282 g/mol. The van der Waals surface area contributed by atoms with Gasteiger partial charge in [-0.1, -0.05) is 0 Å². The van der Waals surface area contributed by atoms with Gasteiger partial charge in [-0.25, -0.2) is 0 Å². The molecule has 2 heterocycles. The number of benzene rings is 1. The first-order valence-corrected chi connectivity index (χ1v) is 6.80. The Morgan fingerprint density at radius 1 is 1.16 bits per heavy atom. The van der Waals surface area contributed by atoms with Crippen molar-refractivity contribution in [2.75, 3.05) is 43.8 Å². The lowest BCUT2D eigenvalue weighted by Gasteiger charge is -2.35. The normalized spacial score (nSPS) is 17.7. The first kappa shape index (κ1) is 12.4. The number of hydrogen-bond donors (Lipinski definition) is 0. The number of halogens is 1. The predicted molar refractivity (Wildman–Crippen MR) is 72.1 cm³/mol. The summed E-state index contributed by atoms with van der Waals surface area (Å²) >= 11 is 5.57. The van der Waals surface area contributed by atoms with E-state index in [-0.39, 0.29) is 18.6 Å². The maximum absolute atomic E-state index is 11.5. The van der Waals surface area contributed by atoms with Crippen LogP contribution in [0.4, 0.5) is 5.69 Å². The van der Waals surface area contributed by atoms with Crippen molar-refractivity contribution < 1.29 is 14.3 Å². The Bertz CT molecular complexity index is 487. The Hall–Kier alpha value is -1.62. The van der Waals surface area contributed by atoms with E-state index < -0.39 is 0 Å². The number of rotatable bonds is 2. The molecule has 3 rings (SSSR count). The SMILES string of the molecule is O=C(CCl)N1CCN(c2ccc3c(c2)OCO3)CC1. The van der Waals surface area contributed by atoms with Gasteiger partial charge in [-0.3, -0.25) is 4.79 Å². The highest BCUT2D eigenvalue weighted by Crippen LogP contribution is 2.35. The van der Waals surface area contributed by atoms with Gasteiger partial charge in [-0.15, -0.1) is 11.6 Å². The average molecular weight is 283 g/mol. The number of nitrogens with zero attached hydrogens (tertiary/aromatic N) is 2. The zero-order chi connectivity index (χ0) is 13.2. The van der Waals surface area contributed by atoms with Gasteiger partial charge in [0, 0.05) is 37.9 Å². The summed E-state index contributed by atoms with van der Waals surface area (Å²) in [6, 6.07) is 5.93. The molecule has 2 aliphatic heterocycles. The van der Waals surface area contributed by atoms with E-state index in [1.807, 2.05) is 18.2 Å². The Morgan fingerprint density at radius 2 is 1.89 bits per heavy atom. The van der Waals surface area contributed by atoms with E-state index in [1.165, 1.54) is 0 Å². The molecule has 0 N–H and O–H groups in total. The van der Waals surface area contributed by atoms with Crippen molar-refractivity contribution in [3.8, 4) is 11.5 Å². The summed E-state index contributed by atoms with van der Waals surface area (Å²) in [7, 11) is 0. The molecular weight excluding hydrogens is 268 g/mol. The molecule has 5 nitrogen and oxygen atoms in total. The van der Waals surface area contributed by atoms with Crippen LogP contribution in [-0.4, -0.2) is 49.7 Å². The van der Waals surface area contributed by atoms with E-state index in [4.69, 9.17) is 21.1 Å². The van der Waals surface area contributed by atoms with Crippen LogP contribution in [0.2, 0.25) is 0 Å². The van der Waals surface area contributed by atoms with Crippen molar-refractivity contribution in [2.24, 2.45) is 0 Å². The number of piperazine rings is 1. The minimum atomic E-state index is 0.00648. The van der Waals surface area contributed by atoms with E-state index in [0.717, 1.165) is 30.3 Å². The Morgan fingerprint density at radius 3 is 2.63 bits per heavy atom. The summed E-state index contributed by atoms with van der Waals surface area (Å²) in [4.78, 5) is 15.5. The van der Waals surface area contributed by atoms with Crippen molar-refractivity contribution in [2.45, 2.75) is 0 Å². The molecule has 0 saturated carbocycles. The third-order valence-corrected chi connectivity index (χ3v) is 3.70. The van der Waals surface area contributed by atoms with Crippen molar-refractivity contribution in [1.29, 1.82) is 0 Å². The molecule has 6 heteroatoms. The van der Waals surface area contributed by atoms with Gasteiger partial charge in [0.2, 0.25) is 12.7 Å². The lowest BCUT2D eigenvalue weighted by Crippen LogP contribution is -2.49. The topological polar surface area (TPSA) is 42.0 Å². The molecule has 0 spiro atoms. The van der Waals surface area contributed by atoms with Gasteiger partial charge in [0.1, 0.15) is 5.88 Å². The first-order chi connectivity index (χ1) is 9.28. The Kier molecular flexibility index (Phi) is 3.38. The second kappa shape index (κ2) is 5.17.